The standard InChI is InChI=1S/C19H19O2/c1-2-3-12-18(21-13-20)19-16-10-6-4-8-14(16)15-9-5-7-11-17(15)19/h4-11,18-19H,2-3,12H2,1H3. The van der Waals surface area contributed by atoms with E-state index in [4.69, 9.17) is 4.74 Å². The van der Waals surface area contributed by atoms with E-state index in [-0.39, 0.29) is 12.0 Å². The number of unbranched alkanes of at least 4 members (excludes halogenated alkanes) is 1. The molecule has 0 amide bonds. The summed E-state index contributed by atoms with van der Waals surface area (Å²) in [7, 11) is 0. The van der Waals surface area contributed by atoms with Gasteiger partial charge in [0.05, 0.1) is 0 Å². The normalized spacial score (nSPS) is 14.3. The van der Waals surface area contributed by atoms with Crippen LogP contribution in [0.4, 0.5) is 0 Å². The van der Waals surface area contributed by atoms with Crippen molar-refractivity contribution in [3.63, 3.8) is 0 Å². The molecule has 1 atom stereocenters. The highest BCUT2D eigenvalue weighted by Gasteiger charge is 2.34. The molecule has 0 saturated heterocycles. The lowest BCUT2D eigenvalue weighted by Gasteiger charge is -2.23. The Kier molecular flexibility index (Phi) is 4.05. The first-order chi connectivity index (χ1) is 10.4. The molecule has 107 valence electrons. The number of carbonyl (C=O) groups excluding carboxylic acids is 1. The Hall–Kier alpha value is -2.09. The molecule has 0 aliphatic heterocycles. The third-order valence-electron chi connectivity index (χ3n) is 4.30. The summed E-state index contributed by atoms with van der Waals surface area (Å²) in [6.07, 6.45) is 2.88. The van der Waals surface area contributed by atoms with E-state index in [9.17, 15) is 4.79 Å². The third kappa shape index (κ3) is 2.46. The van der Waals surface area contributed by atoms with E-state index in [1.54, 1.807) is 6.47 Å². The molecule has 0 spiro atoms. The molecule has 21 heavy (non-hydrogen) atoms. The van der Waals surface area contributed by atoms with Crippen molar-refractivity contribution in [2.75, 3.05) is 0 Å². The van der Waals surface area contributed by atoms with E-state index >= 15 is 0 Å². The van der Waals surface area contributed by atoms with Gasteiger partial charge < -0.3 is 4.74 Å². The van der Waals surface area contributed by atoms with Crippen molar-refractivity contribution in [2.24, 2.45) is 0 Å². The number of benzene rings is 2. The van der Waals surface area contributed by atoms with Gasteiger partial charge in [0.2, 0.25) is 0 Å². The van der Waals surface area contributed by atoms with Crippen molar-refractivity contribution in [3.8, 4) is 11.1 Å². The maximum Gasteiger partial charge on any atom is 0.417 e. The highest BCUT2D eigenvalue weighted by atomic mass is 16.5. The van der Waals surface area contributed by atoms with Crippen LogP contribution in [0, 0.1) is 0 Å². The predicted octanol–water partition coefficient (Wildman–Crippen LogP) is 4.44. The van der Waals surface area contributed by atoms with Crippen LogP contribution < -0.4 is 0 Å². The fourth-order valence-electron chi connectivity index (χ4n) is 3.36. The molecule has 0 saturated carbocycles. The molecule has 3 rings (SSSR count). The Balaban J connectivity index is 2.06. The van der Waals surface area contributed by atoms with E-state index in [0.717, 1.165) is 19.3 Å². The summed E-state index contributed by atoms with van der Waals surface area (Å²) < 4.78 is 5.34. The average Bonchev–Trinajstić information content (AvgIpc) is 2.86. The zero-order valence-corrected chi connectivity index (χ0v) is 12.2. The Morgan fingerprint density at radius 1 is 1.05 bits per heavy atom. The first-order valence-electron chi connectivity index (χ1n) is 7.57. The number of rotatable bonds is 6. The minimum Gasteiger partial charge on any atom is -0.453 e. The van der Waals surface area contributed by atoms with Gasteiger partial charge in [-0.1, -0.05) is 68.3 Å². The fraction of sp³-hybridized carbons (Fsp3) is 0.316. The van der Waals surface area contributed by atoms with Gasteiger partial charge in [0.25, 0.3) is 0 Å². The zero-order chi connectivity index (χ0) is 14.7. The van der Waals surface area contributed by atoms with Crippen molar-refractivity contribution >= 4 is 6.47 Å². The van der Waals surface area contributed by atoms with Crippen LogP contribution in [-0.2, 0) is 9.53 Å². The zero-order valence-electron chi connectivity index (χ0n) is 12.2. The van der Waals surface area contributed by atoms with Crippen LogP contribution in [-0.4, -0.2) is 12.6 Å². The molecule has 2 aromatic rings. The van der Waals surface area contributed by atoms with Gasteiger partial charge in [-0.05, 0) is 28.7 Å². The molecular formula is C19H19O2. The average molecular weight is 279 g/mol. The third-order valence-corrected chi connectivity index (χ3v) is 4.30. The summed E-state index contributed by atoms with van der Waals surface area (Å²) in [5.41, 5.74) is 5.04. The molecule has 0 N–H and O–H groups in total. The molecular weight excluding hydrogens is 260 g/mol. The molecule has 1 aliphatic carbocycles. The monoisotopic (exact) mass is 279 g/mol. The van der Waals surface area contributed by atoms with Gasteiger partial charge in [0.15, 0.2) is 0 Å². The maximum atomic E-state index is 10.8. The second kappa shape index (κ2) is 6.13. The van der Waals surface area contributed by atoms with Gasteiger partial charge in [-0.2, -0.15) is 0 Å². The summed E-state index contributed by atoms with van der Waals surface area (Å²) in [5, 5.41) is 0. The molecule has 2 heteroatoms. The predicted molar refractivity (Wildman–Crippen MR) is 83.8 cm³/mol. The SMILES string of the molecule is CCCCC(O[C]=O)C1c2ccccc2-c2ccccc21. The van der Waals surface area contributed by atoms with Crippen molar-refractivity contribution in [1.82, 2.24) is 0 Å². The van der Waals surface area contributed by atoms with Crippen LogP contribution in [0.15, 0.2) is 48.5 Å². The molecule has 0 fully saturated rings. The fourth-order valence-corrected chi connectivity index (χ4v) is 3.36. The van der Waals surface area contributed by atoms with Crippen LogP contribution in [0.25, 0.3) is 11.1 Å². The van der Waals surface area contributed by atoms with E-state index in [1.807, 2.05) is 0 Å². The molecule has 0 heterocycles. The van der Waals surface area contributed by atoms with Crippen molar-refractivity contribution in [3.05, 3.63) is 59.7 Å². The molecule has 1 radical (unpaired) electrons. The van der Waals surface area contributed by atoms with E-state index in [1.165, 1.54) is 22.3 Å². The molecule has 2 nitrogen and oxygen atoms in total. The van der Waals surface area contributed by atoms with Gasteiger partial charge in [-0.3, -0.25) is 0 Å². The number of ether oxygens (including phenoxy) is 1. The summed E-state index contributed by atoms with van der Waals surface area (Å²) in [6.45, 7) is 3.82. The summed E-state index contributed by atoms with van der Waals surface area (Å²) in [4.78, 5) is 10.8. The first-order valence-corrected chi connectivity index (χ1v) is 7.57. The van der Waals surface area contributed by atoms with Gasteiger partial charge in [0.1, 0.15) is 6.10 Å². The van der Waals surface area contributed by atoms with Crippen LogP contribution in [0.5, 0.6) is 0 Å². The molecule has 2 aromatic carbocycles. The Morgan fingerprint density at radius 3 is 2.14 bits per heavy atom. The second-order valence-electron chi connectivity index (χ2n) is 5.53. The van der Waals surface area contributed by atoms with E-state index in [2.05, 4.69) is 55.5 Å². The van der Waals surface area contributed by atoms with Gasteiger partial charge in [0, 0.05) is 5.92 Å². The van der Waals surface area contributed by atoms with Gasteiger partial charge in [-0.15, -0.1) is 0 Å². The second-order valence-corrected chi connectivity index (χ2v) is 5.53. The topological polar surface area (TPSA) is 26.3 Å². The highest BCUT2D eigenvalue weighted by Crippen LogP contribution is 2.47. The lowest BCUT2D eigenvalue weighted by atomic mass is 9.88. The summed E-state index contributed by atoms with van der Waals surface area (Å²) in [6, 6.07) is 16.8. The van der Waals surface area contributed by atoms with Crippen molar-refractivity contribution in [1.29, 1.82) is 0 Å². The van der Waals surface area contributed by atoms with Crippen molar-refractivity contribution in [2.45, 2.75) is 38.2 Å². The largest absolute Gasteiger partial charge is 0.453 e. The highest BCUT2D eigenvalue weighted by molar-refractivity contribution is 5.79. The van der Waals surface area contributed by atoms with Crippen LogP contribution >= 0.6 is 0 Å². The Labute approximate surface area is 125 Å². The van der Waals surface area contributed by atoms with Crippen LogP contribution in [0.2, 0.25) is 0 Å². The minimum absolute atomic E-state index is 0.130. The Morgan fingerprint density at radius 2 is 1.62 bits per heavy atom. The number of hydrogen-bond acceptors (Lipinski definition) is 2. The van der Waals surface area contributed by atoms with E-state index in [0.29, 0.717) is 0 Å². The summed E-state index contributed by atoms with van der Waals surface area (Å²) in [5.74, 6) is 0.130. The van der Waals surface area contributed by atoms with Crippen LogP contribution in [0.3, 0.4) is 0 Å². The summed E-state index contributed by atoms with van der Waals surface area (Å²) >= 11 is 0. The smallest absolute Gasteiger partial charge is 0.417 e. The number of fused-ring (bicyclic) bond motifs is 3. The van der Waals surface area contributed by atoms with Crippen molar-refractivity contribution < 1.29 is 9.53 Å². The quantitative estimate of drug-likeness (QED) is 0.781. The Bertz CT molecular complexity index is 587. The molecule has 0 bridgehead atoms. The van der Waals surface area contributed by atoms with Crippen LogP contribution in [0.1, 0.15) is 43.2 Å². The van der Waals surface area contributed by atoms with Gasteiger partial charge >= 0.3 is 6.47 Å². The first kappa shape index (κ1) is 13.9. The van der Waals surface area contributed by atoms with E-state index < -0.39 is 0 Å². The number of hydrogen-bond donors (Lipinski definition) is 0. The molecule has 1 unspecified atom stereocenters. The van der Waals surface area contributed by atoms with Gasteiger partial charge in [-0.25, -0.2) is 4.79 Å². The maximum absolute atomic E-state index is 10.8. The minimum atomic E-state index is -0.132. The lowest BCUT2D eigenvalue weighted by Crippen LogP contribution is -2.21. The lowest BCUT2D eigenvalue weighted by molar-refractivity contribution is 0.149. The molecule has 0 aromatic heterocycles. The molecule has 1 aliphatic rings.